The van der Waals surface area contributed by atoms with E-state index in [9.17, 15) is 5.11 Å². The molecule has 0 aliphatic carbocycles. The van der Waals surface area contributed by atoms with Gasteiger partial charge in [-0.25, -0.2) is 4.98 Å². The van der Waals surface area contributed by atoms with Crippen LogP contribution in [0.1, 0.15) is 49.3 Å². The first kappa shape index (κ1) is 22.8. The van der Waals surface area contributed by atoms with E-state index in [1.165, 1.54) is 0 Å². The highest BCUT2D eigenvalue weighted by Gasteiger charge is 2.11. The van der Waals surface area contributed by atoms with E-state index < -0.39 is 0 Å². The van der Waals surface area contributed by atoms with Gasteiger partial charge in [0.1, 0.15) is 11.6 Å². The van der Waals surface area contributed by atoms with Crippen molar-refractivity contribution in [1.29, 1.82) is 0 Å². The van der Waals surface area contributed by atoms with Crippen molar-refractivity contribution in [3.8, 4) is 5.75 Å². The minimum atomic E-state index is 0.364. The molecule has 2 aromatic heterocycles. The lowest BCUT2D eigenvalue weighted by Crippen LogP contribution is -2.25. The summed E-state index contributed by atoms with van der Waals surface area (Å²) in [5, 5.41) is 13.8. The number of nitrogens with one attached hydrogen (secondary N) is 2. The molecule has 172 valence electrons. The smallest absolute Gasteiger partial charge is 0.120 e. The molecule has 0 saturated heterocycles. The van der Waals surface area contributed by atoms with Crippen molar-refractivity contribution in [3.05, 3.63) is 77.4 Å². The van der Waals surface area contributed by atoms with Gasteiger partial charge in [0.25, 0.3) is 0 Å². The maximum atomic E-state index is 10.4. The van der Waals surface area contributed by atoms with Gasteiger partial charge < -0.3 is 15.4 Å². The molecule has 6 nitrogen and oxygen atoms in total. The Morgan fingerprint density at radius 3 is 2.52 bits per heavy atom. The second-order valence-electron chi connectivity index (χ2n) is 8.64. The highest BCUT2D eigenvalue weighted by Crippen LogP contribution is 2.24. The molecule has 0 radical (unpaired) electrons. The zero-order chi connectivity index (χ0) is 23.2. The molecule has 4 aromatic rings. The Hall–Kier alpha value is -3.38. The van der Waals surface area contributed by atoms with E-state index >= 15 is 0 Å². The number of fused-ring (bicyclic) bond motifs is 1. The summed E-state index contributed by atoms with van der Waals surface area (Å²) in [5.74, 6) is 1.28. The molecule has 4 rings (SSSR count). The second kappa shape index (κ2) is 10.5. The minimum absolute atomic E-state index is 0.364. The van der Waals surface area contributed by atoms with E-state index in [0.29, 0.717) is 12.2 Å². The van der Waals surface area contributed by atoms with Gasteiger partial charge in [0.05, 0.1) is 11.0 Å². The van der Waals surface area contributed by atoms with E-state index in [0.717, 1.165) is 77.5 Å². The largest absolute Gasteiger partial charge is 0.508 e. The lowest BCUT2D eigenvalue weighted by Gasteiger charge is -2.21. The van der Waals surface area contributed by atoms with Crippen LogP contribution in [0.25, 0.3) is 11.0 Å². The van der Waals surface area contributed by atoms with Crippen molar-refractivity contribution in [2.24, 2.45) is 0 Å². The normalized spacial score (nSPS) is 11.4. The van der Waals surface area contributed by atoms with Crippen LogP contribution < -0.4 is 5.32 Å². The molecule has 0 unspecified atom stereocenters. The van der Waals surface area contributed by atoms with Gasteiger partial charge >= 0.3 is 0 Å². The van der Waals surface area contributed by atoms with E-state index in [2.05, 4.69) is 46.2 Å². The fraction of sp³-hybridized carbons (Fsp3) is 0.333. The highest BCUT2D eigenvalue weighted by molar-refractivity contribution is 5.80. The van der Waals surface area contributed by atoms with Gasteiger partial charge in [0, 0.05) is 41.8 Å². The number of H-pyrrole nitrogens is 1. The number of imidazole rings is 1. The van der Waals surface area contributed by atoms with Gasteiger partial charge in [0.2, 0.25) is 0 Å². The summed E-state index contributed by atoms with van der Waals surface area (Å²) >= 11 is 0. The van der Waals surface area contributed by atoms with E-state index in [4.69, 9.17) is 4.98 Å². The number of aromatic nitrogens is 3. The zero-order valence-corrected chi connectivity index (χ0v) is 19.7. The lowest BCUT2D eigenvalue weighted by molar-refractivity contribution is 0.262. The number of phenols is 1. The number of aryl methyl sites for hydroxylation is 1. The number of nitrogens with zero attached hydrogens (tertiary/aromatic N) is 3. The predicted octanol–water partition coefficient (Wildman–Crippen LogP) is 5.93. The minimum Gasteiger partial charge on any atom is -0.508 e. The Morgan fingerprint density at radius 2 is 1.76 bits per heavy atom. The number of aromatic amines is 1. The number of anilines is 2. The molecule has 0 spiro atoms. The van der Waals surface area contributed by atoms with Crippen LogP contribution in [0, 0.1) is 6.92 Å². The number of aromatic hydroxyl groups is 1. The van der Waals surface area contributed by atoms with E-state index in [-0.39, 0.29) is 0 Å². The monoisotopic (exact) mass is 443 g/mol. The first-order valence-corrected chi connectivity index (χ1v) is 11.8. The zero-order valence-electron chi connectivity index (χ0n) is 19.7. The van der Waals surface area contributed by atoms with E-state index in [1.807, 2.05) is 43.3 Å². The molecular weight excluding hydrogens is 410 g/mol. The Bertz CT molecular complexity index is 1210. The highest BCUT2D eigenvalue weighted by atomic mass is 16.3. The average molecular weight is 444 g/mol. The first-order chi connectivity index (χ1) is 16.0. The molecule has 0 bridgehead atoms. The standard InChI is InChI=1S/C27H33N5O/c1-4-12-32(13-5-2)18-21-15-20(6-9-26(21)33)16-27-30-24-8-7-22(17-25(24)31-27)29-23-10-11-28-19(3)14-23/h6-11,14-15,17,33H,4-5,12-13,16,18H2,1-3H3,(H,28,29)(H,30,31). The summed E-state index contributed by atoms with van der Waals surface area (Å²) < 4.78 is 0. The van der Waals surface area contributed by atoms with Gasteiger partial charge in [-0.15, -0.1) is 0 Å². The van der Waals surface area contributed by atoms with Crippen LogP contribution in [0.2, 0.25) is 0 Å². The van der Waals surface area contributed by atoms with Crippen molar-refractivity contribution >= 4 is 22.4 Å². The number of rotatable bonds is 10. The molecule has 6 heteroatoms. The molecule has 0 amide bonds. The summed E-state index contributed by atoms with van der Waals surface area (Å²) in [7, 11) is 0. The fourth-order valence-electron chi connectivity index (χ4n) is 4.23. The summed E-state index contributed by atoms with van der Waals surface area (Å²) in [6, 6.07) is 16.0. The van der Waals surface area contributed by atoms with Crippen LogP contribution in [0.3, 0.4) is 0 Å². The van der Waals surface area contributed by atoms with Crippen molar-refractivity contribution in [1.82, 2.24) is 19.9 Å². The van der Waals surface area contributed by atoms with Crippen LogP contribution >= 0.6 is 0 Å². The van der Waals surface area contributed by atoms with Gasteiger partial charge in [0.15, 0.2) is 0 Å². The van der Waals surface area contributed by atoms with Crippen LogP contribution in [-0.4, -0.2) is 38.0 Å². The molecule has 0 aliphatic heterocycles. The SMILES string of the molecule is CCCN(CCC)Cc1cc(Cc2nc3ccc(Nc4ccnc(C)c4)cc3[nH]2)ccc1O. The topological polar surface area (TPSA) is 77.1 Å². The molecule has 2 heterocycles. The molecular formula is C27H33N5O. The second-order valence-corrected chi connectivity index (χ2v) is 8.64. The third kappa shape index (κ3) is 5.90. The Morgan fingerprint density at radius 1 is 0.970 bits per heavy atom. The van der Waals surface area contributed by atoms with Gasteiger partial charge in [-0.1, -0.05) is 26.0 Å². The third-order valence-electron chi connectivity index (χ3n) is 5.71. The van der Waals surface area contributed by atoms with Gasteiger partial charge in [-0.3, -0.25) is 9.88 Å². The van der Waals surface area contributed by atoms with Crippen molar-refractivity contribution in [3.63, 3.8) is 0 Å². The molecule has 0 aliphatic rings. The summed E-state index contributed by atoms with van der Waals surface area (Å²) in [6.45, 7) is 9.21. The quantitative estimate of drug-likeness (QED) is 0.283. The fourth-order valence-corrected chi connectivity index (χ4v) is 4.23. The molecule has 2 aromatic carbocycles. The number of benzene rings is 2. The maximum absolute atomic E-state index is 10.4. The predicted molar refractivity (Wildman–Crippen MR) is 135 cm³/mol. The molecule has 0 atom stereocenters. The Balaban J connectivity index is 1.50. The van der Waals surface area contributed by atoms with Gasteiger partial charge in [-0.2, -0.15) is 0 Å². The lowest BCUT2D eigenvalue weighted by atomic mass is 10.1. The van der Waals surface area contributed by atoms with Crippen molar-refractivity contribution < 1.29 is 5.11 Å². The molecule has 33 heavy (non-hydrogen) atoms. The maximum Gasteiger partial charge on any atom is 0.120 e. The molecule has 3 N–H and O–H groups in total. The van der Waals surface area contributed by atoms with Crippen LogP contribution in [-0.2, 0) is 13.0 Å². The molecule has 0 saturated carbocycles. The Kier molecular flexibility index (Phi) is 7.25. The van der Waals surface area contributed by atoms with Crippen molar-refractivity contribution in [2.75, 3.05) is 18.4 Å². The number of phenolic OH excluding ortho intramolecular Hbond substituents is 1. The Labute approximate surface area is 195 Å². The number of pyridine rings is 1. The van der Waals surface area contributed by atoms with Gasteiger partial charge in [-0.05, 0) is 74.8 Å². The summed E-state index contributed by atoms with van der Waals surface area (Å²) in [6.07, 6.45) is 4.71. The third-order valence-corrected chi connectivity index (χ3v) is 5.71. The summed E-state index contributed by atoms with van der Waals surface area (Å²) in [4.78, 5) is 14.9. The van der Waals surface area contributed by atoms with Crippen LogP contribution in [0.5, 0.6) is 5.75 Å². The van der Waals surface area contributed by atoms with Crippen LogP contribution in [0.4, 0.5) is 11.4 Å². The molecule has 0 fully saturated rings. The first-order valence-electron chi connectivity index (χ1n) is 11.8. The number of hydrogen-bond donors (Lipinski definition) is 3. The van der Waals surface area contributed by atoms with Crippen molar-refractivity contribution in [2.45, 2.75) is 46.6 Å². The van der Waals surface area contributed by atoms with E-state index in [1.54, 1.807) is 6.20 Å². The average Bonchev–Trinajstić information content (AvgIpc) is 3.18. The van der Waals surface area contributed by atoms with Crippen LogP contribution in [0.15, 0.2) is 54.7 Å². The summed E-state index contributed by atoms with van der Waals surface area (Å²) in [5.41, 5.74) is 7.05. The number of hydrogen-bond acceptors (Lipinski definition) is 5.